The molecule has 3 aliphatic rings. The van der Waals surface area contributed by atoms with E-state index in [0.717, 1.165) is 12.0 Å². The molecule has 0 unspecified atom stereocenters. The zero-order chi connectivity index (χ0) is 25.2. The lowest BCUT2D eigenvalue weighted by atomic mass is 10.00. The zero-order valence-electron chi connectivity index (χ0n) is 19.4. The molecule has 0 spiro atoms. The van der Waals surface area contributed by atoms with Crippen LogP contribution in [0.25, 0.3) is 10.9 Å². The largest absolute Gasteiger partial charge is 0.396 e. The number of nitrogens with one attached hydrogen (secondary N) is 1. The first-order valence-corrected chi connectivity index (χ1v) is 12.4. The van der Waals surface area contributed by atoms with Gasteiger partial charge in [-0.2, -0.15) is 5.10 Å². The summed E-state index contributed by atoms with van der Waals surface area (Å²) >= 11 is 6.32. The lowest BCUT2D eigenvalue weighted by Gasteiger charge is -2.27. The first-order valence-electron chi connectivity index (χ1n) is 12.0. The minimum Gasteiger partial charge on any atom is -0.396 e. The molecule has 0 radical (unpaired) electrons. The van der Waals surface area contributed by atoms with Crippen molar-refractivity contribution >= 4 is 40.2 Å². The molecule has 3 amide bonds. The summed E-state index contributed by atoms with van der Waals surface area (Å²) in [5, 5.41) is 18.7. The molecule has 2 aliphatic carbocycles. The molecule has 6 rings (SSSR count). The Hall–Kier alpha value is -3.43. The Labute approximate surface area is 212 Å². The van der Waals surface area contributed by atoms with Gasteiger partial charge in [0, 0.05) is 33.8 Å². The van der Waals surface area contributed by atoms with Crippen LogP contribution in [0.15, 0.2) is 48.5 Å². The van der Waals surface area contributed by atoms with Crippen molar-refractivity contribution in [3.8, 4) is 0 Å². The van der Waals surface area contributed by atoms with Gasteiger partial charge in [-0.25, -0.2) is 0 Å². The average Bonchev–Trinajstić information content (AvgIpc) is 3.72. The number of halogens is 1. The highest BCUT2D eigenvalue weighted by atomic mass is 35.5. The number of hydrogen-bond donors (Lipinski definition) is 3. The van der Waals surface area contributed by atoms with Gasteiger partial charge in [0.25, 0.3) is 5.91 Å². The Bertz CT molecular complexity index is 1410. The highest BCUT2D eigenvalue weighted by Gasteiger charge is 2.67. The maximum absolute atomic E-state index is 13.5. The molecule has 4 N–H and O–H groups in total. The van der Waals surface area contributed by atoms with Crippen LogP contribution in [0.1, 0.15) is 41.2 Å². The van der Waals surface area contributed by atoms with E-state index in [1.165, 1.54) is 4.68 Å². The minimum atomic E-state index is -0.673. The van der Waals surface area contributed by atoms with Gasteiger partial charge < -0.3 is 21.1 Å². The molecule has 1 aromatic heterocycles. The van der Waals surface area contributed by atoms with Crippen molar-refractivity contribution in [3.63, 3.8) is 0 Å². The first kappa shape index (κ1) is 23.0. The Kier molecular flexibility index (Phi) is 5.31. The van der Waals surface area contributed by atoms with E-state index < -0.39 is 17.4 Å². The van der Waals surface area contributed by atoms with Gasteiger partial charge in [0.15, 0.2) is 5.69 Å². The highest BCUT2D eigenvalue weighted by Crippen LogP contribution is 2.59. The number of fused-ring (bicyclic) bond motifs is 2. The Morgan fingerprint density at radius 1 is 1.14 bits per heavy atom. The lowest BCUT2D eigenvalue weighted by molar-refractivity contribution is -0.140. The second-order valence-corrected chi connectivity index (χ2v) is 10.5. The van der Waals surface area contributed by atoms with E-state index in [-0.39, 0.29) is 48.7 Å². The summed E-state index contributed by atoms with van der Waals surface area (Å²) < 4.78 is 1.46. The molecule has 2 heterocycles. The first-order chi connectivity index (χ1) is 17.3. The van der Waals surface area contributed by atoms with Gasteiger partial charge in [0.2, 0.25) is 11.8 Å². The fraction of sp³-hybridized carbons (Fsp3) is 0.385. The molecule has 3 aromatic rings. The number of amides is 3. The molecule has 2 saturated carbocycles. The number of likely N-dealkylation sites (tertiary alicyclic amines) is 1. The molecule has 36 heavy (non-hydrogen) atoms. The van der Waals surface area contributed by atoms with Gasteiger partial charge in [-0.1, -0.05) is 48.0 Å². The number of carbonyl (C=O) groups excluding carboxylic acids is 3. The van der Waals surface area contributed by atoms with Crippen LogP contribution < -0.4 is 11.1 Å². The number of rotatable bonds is 7. The number of aromatic nitrogens is 2. The monoisotopic (exact) mass is 507 g/mol. The number of primary amides is 1. The topological polar surface area (TPSA) is 131 Å². The Balaban J connectivity index is 1.21. The smallest absolute Gasteiger partial charge is 0.269 e. The van der Waals surface area contributed by atoms with Gasteiger partial charge >= 0.3 is 0 Å². The molecule has 9 nitrogen and oxygen atoms in total. The van der Waals surface area contributed by atoms with Gasteiger partial charge in [0.05, 0.1) is 12.1 Å². The summed E-state index contributed by atoms with van der Waals surface area (Å²) in [5.41, 5.74) is 6.78. The number of aliphatic hydroxyl groups excluding tert-OH is 1. The number of nitrogens with two attached hydrogens (primary N) is 1. The Morgan fingerprint density at radius 3 is 2.64 bits per heavy atom. The summed E-state index contributed by atoms with van der Waals surface area (Å²) in [6, 6.07) is 13.8. The Morgan fingerprint density at radius 2 is 1.89 bits per heavy atom. The summed E-state index contributed by atoms with van der Waals surface area (Å²) in [6.07, 6.45) is 1.87. The van der Waals surface area contributed by atoms with Crippen molar-refractivity contribution in [1.82, 2.24) is 20.0 Å². The summed E-state index contributed by atoms with van der Waals surface area (Å²) in [5.74, 6) is -1.02. The fourth-order valence-electron chi connectivity index (χ4n) is 5.83. The molecular weight excluding hydrogens is 482 g/mol. The van der Waals surface area contributed by atoms with Crippen LogP contribution in [0.3, 0.4) is 0 Å². The van der Waals surface area contributed by atoms with Gasteiger partial charge in [-0.05, 0) is 37.0 Å². The number of aliphatic hydroxyl groups is 1. The third-order valence-corrected chi connectivity index (χ3v) is 8.27. The van der Waals surface area contributed by atoms with E-state index in [1.54, 1.807) is 29.2 Å². The predicted octanol–water partition coefficient (Wildman–Crippen LogP) is 1.81. The third-order valence-electron chi connectivity index (χ3n) is 7.92. The lowest BCUT2D eigenvalue weighted by Crippen LogP contribution is -2.49. The van der Waals surface area contributed by atoms with Crippen LogP contribution in [0, 0.1) is 5.41 Å². The number of carbonyl (C=O) groups is 3. The minimum absolute atomic E-state index is 0.0375. The van der Waals surface area contributed by atoms with Crippen LogP contribution in [-0.4, -0.2) is 62.2 Å². The zero-order valence-corrected chi connectivity index (χ0v) is 20.2. The normalized spacial score (nSPS) is 28.1. The van der Waals surface area contributed by atoms with Crippen LogP contribution >= 0.6 is 11.6 Å². The number of para-hydroxylation sites is 1. The SMILES string of the molecule is NC(=O)c1nn(CC(=O)N2[C@@H](C(=O)N[C@H]3C[C@@H]3c3ccccc3Cl)C[C@]3(CO)C[C@H]23)c2ccccc12. The van der Waals surface area contributed by atoms with Gasteiger partial charge in [-0.3, -0.25) is 19.1 Å². The fourth-order valence-corrected chi connectivity index (χ4v) is 6.11. The van der Waals surface area contributed by atoms with Crippen LogP contribution in [0.4, 0.5) is 0 Å². The van der Waals surface area contributed by atoms with E-state index in [4.69, 9.17) is 17.3 Å². The van der Waals surface area contributed by atoms with E-state index in [1.807, 2.05) is 24.3 Å². The molecular formula is C26H26ClN5O4. The second-order valence-electron chi connectivity index (χ2n) is 10.1. The van der Waals surface area contributed by atoms with Gasteiger partial charge in [-0.15, -0.1) is 0 Å². The van der Waals surface area contributed by atoms with Crippen molar-refractivity contribution in [2.75, 3.05) is 6.61 Å². The average molecular weight is 508 g/mol. The number of piperidine rings is 1. The summed E-state index contributed by atoms with van der Waals surface area (Å²) in [4.78, 5) is 40.4. The van der Waals surface area contributed by atoms with Crippen LogP contribution in [0.2, 0.25) is 5.02 Å². The summed E-state index contributed by atoms with van der Waals surface area (Å²) in [7, 11) is 0. The molecule has 1 saturated heterocycles. The quantitative estimate of drug-likeness (QED) is 0.449. The van der Waals surface area contributed by atoms with Crippen molar-refractivity contribution in [3.05, 3.63) is 64.8 Å². The summed E-state index contributed by atoms with van der Waals surface area (Å²) in [6.45, 7) is -0.214. The molecule has 1 aliphatic heterocycles. The number of benzene rings is 2. The van der Waals surface area contributed by atoms with Crippen molar-refractivity contribution in [2.45, 2.75) is 49.9 Å². The predicted molar refractivity (Wildman–Crippen MR) is 132 cm³/mol. The molecule has 2 aromatic carbocycles. The van der Waals surface area contributed by atoms with Crippen molar-refractivity contribution < 1.29 is 19.5 Å². The molecule has 0 bridgehead atoms. The number of hydrogen-bond acceptors (Lipinski definition) is 5. The van der Waals surface area contributed by atoms with Crippen LogP contribution in [0.5, 0.6) is 0 Å². The molecule has 186 valence electrons. The highest BCUT2D eigenvalue weighted by molar-refractivity contribution is 6.31. The van der Waals surface area contributed by atoms with Crippen molar-refractivity contribution in [2.24, 2.45) is 11.1 Å². The number of nitrogens with zero attached hydrogens (tertiary/aromatic N) is 3. The van der Waals surface area contributed by atoms with E-state index in [2.05, 4.69) is 10.4 Å². The molecule has 5 atom stereocenters. The van der Waals surface area contributed by atoms with E-state index >= 15 is 0 Å². The van der Waals surface area contributed by atoms with Crippen molar-refractivity contribution in [1.29, 1.82) is 0 Å². The van der Waals surface area contributed by atoms with E-state index in [0.29, 0.717) is 28.8 Å². The second kappa shape index (κ2) is 8.31. The maximum atomic E-state index is 13.5. The molecule has 10 heteroatoms. The maximum Gasteiger partial charge on any atom is 0.269 e. The van der Waals surface area contributed by atoms with E-state index in [9.17, 15) is 19.5 Å². The third kappa shape index (κ3) is 3.65. The standard InChI is InChI=1S/C26H26ClN5O4/c27-17-7-3-1-5-14(17)16-9-18(16)29-25(36)20-10-26(13-33)11-21(26)32(20)22(34)12-31-19-8-4-2-6-15(19)23(30-31)24(28)35/h1-8,16,18,20-21,33H,9-13H2,(H2,28,35)(H,29,36)/t16-,18+,20-,21+,26-/m1/s1. The molecule has 3 fully saturated rings. The van der Waals surface area contributed by atoms with Crippen LogP contribution in [-0.2, 0) is 16.1 Å². The van der Waals surface area contributed by atoms with Gasteiger partial charge in [0.1, 0.15) is 12.6 Å².